The lowest BCUT2D eigenvalue weighted by Crippen LogP contribution is -1.98. The molecule has 9 heteroatoms. The van der Waals surface area contributed by atoms with E-state index in [0.29, 0.717) is 28.4 Å². The molecule has 1 N–H and O–H groups in total. The van der Waals surface area contributed by atoms with Crippen molar-refractivity contribution in [1.29, 1.82) is 0 Å². The van der Waals surface area contributed by atoms with Gasteiger partial charge in [0.25, 0.3) is 0 Å². The average Bonchev–Trinajstić information content (AvgIpc) is 3.34. The highest BCUT2D eigenvalue weighted by Gasteiger charge is 2.24. The Balaban J connectivity index is 1.89. The van der Waals surface area contributed by atoms with Gasteiger partial charge in [0, 0.05) is 21.9 Å². The molecule has 0 atom stereocenters. The Kier molecular flexibility index (Phi) is 14.3. The highest BCUT2D eigenvalue weighted by atomic mass is 31.1. The van der Waals surface area contributed by atoms with Crippen molar-refractivity contribution in [2.24, 2.45) is 0 Å². The molecule has 0 aliphatic rings. The van der Waals surface area contributed by atoms with Gasteiger partial charge in [0.15, 0.2) is 0 Å². The van der Waals surface area contributed by atoms with Crippen LogP contribution < -0.4 is 23.5 Å². The van der Waals surface area contributed by atoms with Crippen LogP contribution in [0.4, 0.5) is 0 Å². The molecule has 5 rings (SSSR count). The molecule has 0 radical (unpaired) electrons. The highest BCUT2D eigenvalue weighted by Crippen LogP contribution is 2.49. The van der Waals surface area contributed by atoms with E-state index in [-0.39, 0.29) is 5.75 Å². The third kappa shape index (κ3) is 9.21. The average molecular weight is 745 g/mol. The number of hydrogen-bond acceptors (Lipinski definition) is 8. The number of fused-ring (bicyclic) bond motifs is 3. The normalized spacial score (nSPS) is 11.2. The molecule has 0 unspecified atom stereocenters. The lowest BCUT2D eigenvalue weighted by atomic mass is 9.94. The van der Waals surface area contributed by atoms with Crippen LogP contribution in [0.15, 0.2) is 56.9 Å². The van der Waals surface area contributed by atoms with Gasteiger partial charge in [0.05, 0.1) is 28.4 Å². The molecule has 53 heavy (non-hydrogen) atoms. The molecule has 1 heterocycles. The van der Waals surface area contributed by atoms with Gasteiger partial charge in [-0.25, -0.2) is 0 Å². The van der Waals surface area contributed by atoms with Gasteiger partial charge >= 0.3 is 8.24 Å². The van der Waals surface area contributed by atoms with E-state index in [1.165, 1.54) is 0 Å². The first-order chi connectivity index (χ1) is 25.8. The van der Waals surface area contributed by atoms with E-state index in [0.717, 1.165) is 133 Å². The molecule has 0 saturated carbocycles. The van der Waals surface area contributed by atoms with Crippen molar-refractivity contribution in [2.45, 2.75) is 105 Å². The Morgan fingerprint density at radius 3 is 1.32 bits per heavy atom. The summed E-state index contributed by atoms with van der Waals surface area (Å²) in [5, 5.41) is 13.6. The van der Waals surface area contributed by atoms with Gasteiger partial charge in [-0.3, -0.25) is 0 Å². The van der Waals surface area contributed by atoms with Crippen molar-refractivity contribution in [3.05, 3.63) is 70.8 Å². The second-order valence-corrected chi connectivity index (χ2v) is 14.6. The van der Waals surface area contributed by atoms with Crippen LogP contribution in [0.1, 0.15) is 101 Å². The molecule has 4 aromatic carbocycles. The van der Waals surface area contributed by atoms with Crippen molar-refractivity contribution >= 4 is 30.2 Å². The SMILES string of the molecule is CCCCc1cc(OC)cc(-c2cc(OC)cc(CCCC)c2Op2oc3c(CCCC)cc(OC)cc3c3cc(OC)cc(CCCC)c3o2)c1O. The number of ether oxygens (including phenoxy) is 4. The summed E-state index contributed by atoms with van der Waals surface area (Å²) in [4.78, 5) is 0. The number of methoxy groups -OCH3 is 4. The number of aryl methyl sites for hydroxylation is 4. The van der Waals surface area contributed by atoms with Crippen molar-refractivity contribution in [3.8, 4) is 45.6 Å². The molecule has 0 bridgehead atoms. The summed E-state index contributed by atoms with van der Waals surface area (Å²) in [5.74, 6) is 3.62. The topological polar surface area (TPSA) is 92.7 Å². The summed E-state index contributed by atoms with van der Waals surface area (Å²) < 4.78 is 44.3. The molecule has 0 aliphatic carbocycles. The summed E-state index contributed by atoms with van der Waals surface area (Å²) in [7, 11) is 4.64. The van der Waals surface area contributed by atoms with Crippen molar-refractivity contribution in [1.82, 2.24) is 0 Å². The van der Waals surface area contributed by atoms with Gasteiger partial charge in [-0.05, 0) is 122 Å². The predicted molar refractivity (Wildman–Crippen MR) is 217 cm³/mol. The van der Waals surface area contributed by atoms with Crippen LogP contribution in [0.2, 0.25) is 0 Å². The number of phenols is 1. The first-order valence-electron chi connectivity index (χ1n) is 19.2. The molecule has 0 aliphatic heterocycles. The fourth-order valence-corrected chi connectivity index (χ4v) is 7.95. The standard InChI is InChI=1S/C44H57O8P/c1-9-13-17-29-21-33(46-5)25-37(41(29)45)38-26-34(47-6)22-30(18-14-10-2)42(38)50-53-51-43-31(19-15-11-3)23-35(48-7)27-39(43)40-28-36(49-8)24-32(20-16-12-4)44(40)52-53/h21-28,45H,9-20H2,1-8H3. The Morgan fingerprint density at radius 1 is 0.491 bits per heavy atom. The molecule has 286 valence electrons. The smallest absolute Gasteiger partial charge is 0.453 e. The first-order valence-corrected chi connectivity index (χ1v) is 20.3. The predicted octanol–water partition coefficient (Wildman–Crippen LogP) is 12.9. The van der Waals surface area contributed by atoms with Crippen LogP contribution in [0, 0.1) is 0 Å². The maximum atomic E-state index is 11.9. The molecule has 8 nitrogen and oxygen atoms in total. The quantitative estimate of drug-likeness (QED) is 0.0893. The summed E-state index contributed by atoms with van der Waals surface area (Å²) in [6.45, 7) is 8.68. The van der Waals surface area contributed by atoms with E-state index < -0.39 is 8.24 Å². The zero-order valence-electron chi connectivity index (χ0n) is 32.9. The second-order valence-electron chi connectivity index (χ2n) is 13.6. The summed E-state index contributed by atoms with van der Waals surface area (Å²) in [6.07, 6.45) is 10.9. The van der Waals surface area contributed by atoms with Gasteiger partial charge in [-0.2, -0.15) is 0 Å². The van der Waals surface area contributed by atoms with E-state index in [2.05, 4.69) is 39.8 Å². The van der Waals surface area contributed by atoms with E-state index in [4.69, 9.17) is 31.9 Å². The highest BCUT2D eigenvalue weighted by molar-refractivity contribution is 7.32. The zero-order chi connectivity index (χ0) is 37.9. The maximum Gasteiger partial charge on any atom is 0.453 e. The molecular formula is C44H57O8P. The zero-order valence-corrected chi connectivity index (χ0v) is 33.8. The van der Waals surface area contributed by atoms with Gasteiger partial charge in [-0.15, -0.1) is 0 Å². The van der Waals surface area contributed by atoms with E-state index in [1.54, 1.807) is 28.4 Å². The van der Waals surface area contributed by atoms with E-state index in [1.807, 2.05) is 36.4 Å². The Labute approximate surface area is 316 Å². The summed E-state index contributed by atoms with van der Waals surface area (Å²) in [5.41, 5.74) is 6.55. The van der Waals surface area contributed by atoms with Crippen LogP contribution in [0.3, 0.4) is 0 Å². The largest absolute Gasteiger partial charge is 0.507 e. The monoisotopic (exact) mass is 744 g/mol. The Hall–Kier alpha value is -4.42. The van der Waals surface area contributed by atoms with Crippen molar-refractivity contribution in [3.63, 3.8) is 0 Å². The second kappa shape index (κ2) is 19.1. The first kappa shape index (κ1) is 39.8. The number of phenolic OH excluding ortho intramolecular Hbond substituents is 1. The molecule has 5 aromatic rings. The van der Waals surface area contributed by atoms with E-state index >= 15 is 0 Å². The Morgan fingerprint density at radius 2 is 0.868 bits per heavy atom. The minimum absolute atomic E-state index is 0.202. The van der Waals surface area contributed by atoms with Gasteiger partial charge < -0.3 is 37.0 Å². The fraction of sp³-hybridized carbons (Fsp3) is 0.455. The van der Waals surface area contributed by atoms with Crippen molar-refractivity contribution < 1.29 is 37.0 Å². The minimum Gasteiger partial charge on any atom is -0.507 e. The molecule has 0 saturated heterocycles. The lowest BCUT2D eigenvalue weighted by molar-refractivity contribution is 0.410. The molecule has 0 spiro atoms. The Bertz CT molecular complexity index is 1950. The van der Waals surface area contributed by atoms with Gasteiger partial charge in [0.1, 0.15) is 45.7 Å². The number of aromatic hydroxyl groups is 1. The molecule has 0 amide bonds. The van der Waals surface area contributed by atoms with Crippen LogP contribution in [-0.2, 0) is 25.7 Å². The minimum atomic E-state index is -2.06. The fourth-order valence-electron chi connectivity index (χ4n) is 6.74. The van der Waals surface area contributed by atoms with Crippen LogP contribution in [0.5, 0.6) is 34.5 Å². The molecule has 1 aromatic heterocycles. The van der Waals surface area contributed by atoms with Crippen LogP contribution in [0.25, 0.3) is 33.1 Å². The lowest BCUT2D eigenvalue weighted by Gasteiger charge is -2.19. The third-order valence-corrected chi connectivity index (χ3v) is 10.8. The molecular weight excluding hydrogens is 687 g/mol. The molecule has 0 fully saturated rings. The van der Waals surface area contributed by atoms with Gasteiger partial charge in [-0.1, -0.05) is 53.4 Å². The third-order valence-electron chi connectivity index (χ3n) is 9.80. The summed E-state index contributed by atoms with van der Waals surface area (Å²) in [6, 6.07) is 15.9. The van der Waals surface area contributed by atoms with Gasteiger partial charge in [0.2, 0.25) is 0 Å². The van der Waals surface area contributed by atoms with Crippen LogP contribution in [-0.4, -0.2) is 33.5 Å². The number of hydrogen-bond donors (Lipinski definition) is 1. The number of benzene rings is 4. The van der Waals surface area contributed by atoms with E-state index in [9.17, 15) is 5.11 Å². The summed E-state index contributed by atoms with van der Waals surface area (Å²) >= 11 is 0. The number of unbranched alkanes of at least 4 members (excludes halogenated alkanes) is 4. The van der Waals surface area contributed by atoms with Crippen LogP contribution >= 0.6 is 8.24 Å². The number of rotatable bonds is 19. The maximum absolute atomic E-state index is 11.9. The van der Waals surface area contributed by atoms with Crippen molar-refractivity contribution in [2.75, 3.05) is 28.4 Å².